The summed E-state index contributed by atoms with van der Waals surface area (Å²) >= 11 is 0. The SMILES string of the molecule is Cc1cc(-c2ncnc(Nc3cnn(C)c3)n2)ccc1CCC(=O)c1cn(C(C)(C)C)nn1. The van der Waals surface area contributed by atoms with Gasteiger partial charge in [0.05, 0.1) is 23.6 Å². The number of hydrogen-bond donors (Lipinski definition) is 1. The summed E-state index contributed by atoms with van der Waals surface area (Å²) in [6.07, 6.45) is 7.73. The lowest BCUT2D eigenvalue weighted by Gasteiger charge is -2.17. The van der Waals surface area contributed by atoms with Crippen molar-refractivity contribution < 1.29 is 4.79 Å². The molecule has 0 aliphatic carbocycles. The number of Topliss-reactive ketones (excluding diaryl/α,β-unsaturated/α-hetero) is 1. The molecule has 3 heterocycles. The number of ketones is 1. The molecule has 0 amide bonds. The highest BCUT2D eigenvalue weighted by Gasteiger charge is 2.18. The highest BCUT2D eigenvalue weighted by molar-refractivity contribution is 5.94. The van der Waals surface area contributed by atoms with Gasteiger partial charge in [-0.3, -0.25) is 9.48 Å². The van der Waals surface area contributed by atoms with Crippen LogP contribution >= 0.6 is 0 Å². The quantitative estimate of drug-likeness (QED) is 0.430. The molecule has 170 valence electrons. The maximum Gasteiger partial charge on any atom is 0.230 e. The average Bonchev–Trinajstić information content (AvgIpc) is 3.42. The van der Waals surface area contributed by atoms with E-state index in [1.165, 1.54) is 6.33 Å². The molecule has 0 unspecified atom stereocenters. The van der Waals surface area contributed by atoms with Crippen LogP contribution in [0.5, 0.6) is 0 Å². The Morgan fingerprint density at radius 2 is 1.97 bits per heavy atom. The van der Waals surface area contributed by atoms with Crippen LogP contribution in [0.2, 0.25) is 0 Å². The first-order valence-electron chi connectivity index (χ1n) is 10.7. The summed E-state index contributed by atoms with van der Waals surface area (Å²) in [5.41, 5.74) is 4.04. The summed E-state index contributed by atoms with van der Waals surface area (Å²) in [5.74, 6) is 1.00. The average molecular weight is 446 g/mol. The normalized spacial score (nSPS) is 11.5. The Labute approximate surface area is 192 Å². The predicted molar refractivity (Wildman–Crippen MR) is 124 cm³/mol. The molecule has 0 bridgehead atoms. The van der Waals surface area contributed by atoms with Crippen LogP contribution in [-0.4, -0.2) is 45.5 Å². The van der Waals surface area contributed by atoms with Crippen LogP contribution in [0.3, 0.4) is 0 Å². The minimum absolute atomic E-state index is 0.0161. The minimum Gasteiger partial charge on any atom is -0.321 e. The van der Waals surface area contributed by atoms with Gasteiger partial charge >= 0.3 is 0 Å². The zero-order valence-electron chi connectivity index (χ0n) is 19.4. The number of anilines is 2. The molecule has 10 heteroatoms. The van der Waals surface area contributed by atoms with Crippen LogP contribution in [0.4, 0.5) is 11.6 Å². The molecule has 4 rings (SSSR count). The van der Waals surface area contributed by atoms with Crippen molar-refractivity contribution in [3.63, 3.8) is 0 Å². The summed E-state index contributed by atoms with van der Waals surface area (Å²) in [6, 6.07) is 6.01. The number of aromatic nitrogens is 8. The minimum atomic E-state index is -0.208. The van der Waals surface area contributed by atoms with Crippen LogP contribution in [0.25, 0.3) is 11.4 Å². The second-order valence-corrected chi connectivity index (χ2v) is 8.94. The van der Waals surface area contributed by atoms with Crippen LogP contribution in [0.15, 0.2) is 43.1 Å². The van der Waals surface area contributed by atoms with Gasteiger partial charge in [-0.15, -0.1) is 5.10 Å². The largest absolute Gasteiger partial charge is 0.321 e. The van der Waals surface area contributed by atoms with Crippen LogP contribution in [-0.2, 0) is 19.0 Å². The third-order valence-corrected chi connectivity index (χ3v) is 5.22. The highest BCUT2D eigenvalue weighted by Crippen LogP contribution is 2.22. The Morgan fingerprint density at radius 3 is 2.64 bits per heavy atom. The monoisotopic (exact) mass is 445 g/mol. The van der Waals surface area contributed by atoms with Gasteiger partial charge in [0.25, 0.3) is 0 Å². The summed E-state index contributed by atoms with van der Waals surface area (Å²) in [4.78, 5) is 25.6. The molecule has 0 saturated heterocycles. The van der Waals surface area contributed by atoms with Crippen LogP contribution < -0.4 is 5.32 Å². The Morgan fingerprint density at radius 1 is 1.15 bits per heavy atom. The van der Waals surface area contributed by atoms with Crippen molar-refractivity contribution >= 4 is 17.4 Å². The van der Waals surface area contributed by atoms with E-state index in [9.17, 15) is 4.79 Å². The number of rotatable bonds is 7. The lowest BCUT2D eigenvalue weighted by Crippen LogP contribution is -2.22. The van der Waals surface area contributed by atoms with Crippen molar-refractivity contribution in [1.82, 2.24) is 39.7 Å². The third kappa shape index (κ3) is 5.28. The molecular formula is C23H27N9O. The third-order valence-electron chi connectivity index (χ3n) is 5.22. The second-order valence-electron chi connectivity index (χ2n) is 8.94. The van der Waals surface area contributed by atoms with E-state index in [0.717, 1.165) is 22.4 Å². The van der Waals surface area contributed by atoms with Gasteiger partial charge in [0, 0.05) is 25.2 Å². The van der Waals surface area contributed by atoms with Crippen LogP contribution in [0, 0.1) is 6.92 Å². The number of hydrogen-bond acceptors (Lipinski definition) is 8. The summed E-state index contributed by atoms with van der Waals surface area (Å²) in [5, 5.41) is 15.4. The molecule has 0 fully saturated rings. The zero-order valence-corrected chi connectivity index (χ0v) is 19.4. The molecular weight excluding hydrogens is 418 g/mol. The van der Waals surface area contributed by atoms with Crippen molar-refractivity contribution in [2.75, 3.05) is 5.32 Å². The Bertz CT molecular complexity index is 1280. The molecule has 10 nitrogen and oxygen atoms in total. The fourth-order valence-corrected chi connectivity index (χ4v) is 3.32. The smallest absolute Gasteiger partial charge is 0.230 e. The van der Waals surface area contributed by atoms with Gasteiger partial charge in [-0.25, -0.2) is 14.6 Å². The number of carbonyl (C=O) groups is 1. The maximum atomic E-state index is 12.6. The van der Waals surface area contributed by atoms with E-state index in [4.69, 9.17) is 0 Å². The van der Waals surface area contributed by atoms with Crippen molar-refractivity contribution in [3.05, 3.63) is 59.9 Å². The Balaban J connectivity index is 1.43. The van der Waals surface area contributed by atoms with Gasteiger partial charge in [-0.05, 0) is 51.3 Å². The van der Waals surface area contributed by atoms with E-state index in [-0.39, 0.29) is 11.3 Å². The van der Waals surface area contributed by atoms with Gasteiger partial charge in [-0.2, -0.15) is 10.1 Å². The zero-order chi connectivity index (χ0) is 23.6. The molecule has 0 saturated carbocycles. The molecule has 0 radical (unpaired) electrons. The summed E-state index contributed by atoms with van der Waals surface area (Å²) in [6.45, 7) is 8.08. The number of aryl methyl sites for hydroxylation is 3. The van der Waals surface area contributed by atoms with E-state index in [2.05, 4.69) is 35.7 Å². The first-order valence-corrected chi connectivity index (χ1v) is 10.7. The first-order chi connectivity index (χ1) is 15.7. The lowest BCUT2D eigenvalue weighted by atomic mass is 9.99. The standard InChI is InChI=1S/C23H27N9O/c1-15-10-17(21-24-14-25-22(28-21)27-18-11-26-31(5)12-18)7-6-16(15)8-9-20(33)19-13-32(30-29-19)23(2,3)4/h6-7,10-14H,8-9H2,1-5H3,(H,24,25,27,28). The van der Waals surface area contributed by atoms with Gasteiger partial charge < -0.3 is 5.32 Å². The van der Waals surface area contributed by atoms with E-state index in [0.29, 0.717) is 30.3 Å². The molecule has 3 aromatic heterocycles. The van der Waals surface area contributed by atoms with Crippen molar-refractivity contribution in [2.24, 2.45) is 7.05 Å². The van der Waals surface area contributed by atoms with Gasteiger partial charge in [-0.1, -0.05) is 17.3 Å². The van der Waals surface area contributed by atoms with Crippen molar-refractivity contribution in [1.29, 1.82) is 0 Å². The number of benzene rings is 1. The number of nitrogens with zero attached hydrogens (tertiary/aromatic N) is 8. The van der Waals surface area contributed by atoms with Crippen LogP contribution in [0.1, 0.15) is 48.8 Å². The molecule has 0 aliphatic rings. The van der Waals surface area contributed by atoms with Gasteiger partial charge in [0.15, 0.2) is 11.6 Å². The molecule has 0 spiro atoms. The molecule has 4 aromatic rings. The first kappa shape index (κ1) is 22.3. The van der Waals surface area contributed by atoms with Gasteiger partial charge in [0.1, 0.15) is 12.0 Å². The Hall–Kier alpha value is -3.95. The predicted octanol–water partition coefficient (Wildman–Crippen LogP) is 3.49. The number of nitrogens with one attached hydrogen (secondary N) is 1. The fourth-order valence-electron chi connectivity index (χ4n) is 3.32. The molecule has 0 aliphatic heterocycles. The molecule has 33 heavy (non-hydrogen) atoms. The van der Waals surface area contributed by atoms with Crippen molar-refractivity contribution in [3.8, 4) is 11.4 Å². The topological polar surface area (TPSA) is 116 Å². The molecule has 0 atom stereocenters. The second kappa shape index (κ2) is 8.89. The van der Waals surface area contributed by atoms with E-state index in [1.54, 1.807) is 21.8 Å². The lowest BCUT2D eigenvalue weighted by molar-refractivity contribution is 0.0978. The van der Waals surface area contributed by atoms with E-state index < -0.39 is 0 Å². The van der Waals surface area contributed by atoms with Crippen molar-refractivity contribution in [2.45, 2.75) is 46.1 Å². The fraction of sp³-hybridized carbons (Fsp3) is 0.348. The maximum absolute atomic E-state index is 12.6. The van der Waals surface area contributed by atoms with E-state index in [1.807, 2.05) is 59.1 Å². The summed E-state index contributed by atoms with van der Waals surface area (Å²) in [7, 11) is 1.84. The van der Waals surface area contributed by atoms with E-state index >= 15 is 0 Å². The summed E-state index contributed by atoms with van der Waals surface area (Å²) < 4.78 is 3.41. The van der Waals surface area contributed by atoms with Gasteiger partial charge in [0.2, 0.25) is 5.95 Å². The Kier molecular flexibility index (Phi) is 5.99. The highest BCUT2D eigenvalue weighted by atomic mass is 16.1. The molecule has 1 N–H and O–H groups in total. The number of carbonyl (C=O) groups excluding carboxylic acids is 1. The molecule has 1 aromatic carbocycles.